The zero-order valence-corrected chi connectivity index (χ0v) is 15.8. The Morgan fingerprint density at radius 2 is 2.19 bits per heavy atom. The van der Waals surface area contributed by atoms with Gasteiger partial charge in [-0.3, -0.25) is 4.79 Å². The number of nitrogens with zero attached hydrogens (tertiary/aromatic N) is 3. The van der Waals surface area contributed by atoms with Crippen molar-refractivity contribution in [3.63, 3.8) is 0 Å². The van der Waals surface area contributed by atoms with Crippen molar-refractivity contribution in [2.75, 3.05) is 13.1 Å². The van der Waals surface area contributed by atoms with Gasteiger partial charge in [0.2, 0.25) is 5.91 Å². The fraction of sp³-hybridized carbons (Fsp3) is 0.400. The second-order valence-electron chi connectivity index (χ2n) is 7.08. The first-order valence-electron chi connectivity index (χ1n) is 9.09. The number of fused-ring (bicyclic) bond motifs is 1. The quantitative estimate of drug-likeness (QED) is 0.753. The van der Waals surface area contributed by atoms with Crippen LogP contribution in [0.25, 0.3) is 10.1 Å². The molecule has 6 heteroatoms. The number of hydrogen-bond donors (Lipinski definition) is 1. The largest absolute Gasteiger partial charge is 0.340 e. The van der Waals surface area contributed by atoms with E-state index >= 15 is 0 Å². The number of amides is 1. The first-order valence-corrected chi connectivity index (χ1v) is 9.97. The molecule has 1 saturated heterocycles. The number of benzene rings is 1. The van der Waals surface area contributed by atoms with E-state index in [1.54, 1.807) is 17.5 Å². The van der Waals surface area contributed by atoms with Crippen LogP contribution in [0.1, 0.15) is 30.1 Å². The van der Waals surface area contributed by atoms with Gasteiger partial charge < -0.3 is 15.2 Å². The van der Waals surface area contributed by atoms with Crippen molar-refractivity contribution in [2.45, 2.75) is 31.2 Å². The molecule has 1 aliphatic heterocycles. The first kappa shape index (κ1) is 17.2. The number of aryl methyl sites for hydroxylation is 2. The highest BCUT2D eigenvalue weighted by Crippen LogP contribution is 2.28. The number of carbonyl (C=O) groups excluding carboxylic acids is 1. The van der Waals surface area contributed by atoms with Crippen molar-refractivity contribution < 1.29 is 4.79 Å². The topological polar surface area (TPSA) is 64.2 Å². The molecule has 4 rings (SSSR count). The number of aromatic nitrogens is 2. The molecule has 0 saturated carbocycles. The average Bonchev–Trinajstić information content (AvgIpc) is 3.34. The van der Waals surface area contributed by atoms with Crippen LogP contribution in [0.4, 0.5) is 0 Å². The molecule has 0 bridgehead atoms. The molecular formula is C20H24N4OS. The second-order valence-corrected chi connectivity index (χ2v) is 7.99. The van der Waals surface area contributed by atoms with Gasteiger partial charge in [0.1, 0.15) is 5.82 Å². The SMILES string of the molecule is Cn1ccnc1[C@@H]1CN(C(=O)CCCc2csc3ccccc23)C[C@H]1N. The Kier molecular flexibility index (Phi) is 4.78. The van der Waals surface area contributed by atoms with Crippen LogP contribution in [-0.2, 0) is 18.3 Å². The average molecular weight is 369 g/mol. The lowest BCUT2D eigenvalue weighted by Crippen LogP contribution is -2.32. The minimum atomic E-state index is -0.0409. The molecule has 2 atom stereocenters. The van der Waals surface area contributed by atoms with Crippen LogP contribution in [0.15, 0.2) is 42.0 Å². The van der Waals surface area contributed by atoms with E-state index in [2.05, 4.69) is 34.6 Å². The normalized spacial score (nSPS) is 20.2. The van der Waals surface area contributed by atoms with Crippen molar-refractivity contribution in [3.8, 4) is 0 Å². The lowest BCUT2D eigenvalue weighted by molar-refractivity contribution is -0.130. The third kappa shape index (κ3) is 3.27. The molecular weight excluding hydrogens is 344 g/mol. The van der Waals surface area contributed by atoms with E-state index in [4.69, 9.17) is 5.73 Å². The molecule has 1 aromatic carbocycles. The van der Waals surface area contributed by atoms with E-state index in [0.717, 1.165) is 18.7 Å². The molecule has 5 nitrogen and oxygen atoms in total. The fourth-order valence-corrected chi connectivity index (χ4v) is 4.85. The van der Waals surface area contributed by atoms with Gasteiger partial charge in [-0.1, -0.05) is 18.2 Å². The summed E-state index contributed by atoms with van der Waals surface area (Å²) in [6.45, 7) is 1.30. The maximum absolute atomic E-state index is 12.6. The Hall–Kier alpha value is -2.18. The highest BCUT2D eigenvalue weighted by atomic mass is 32.1. The van der Waals surface area contributed by atoms with Gasteiger partial charge in [-0.05, 0) is 35.2 Å². The summed E-state index contributed by atoms with van der Waals surface area (Å²) in [7, 11) is 1.98. The third-order valence-electron chi connectivity index (χ3n) is 5.31. The van der Waals surface area contributed by atoms with Crippen molar-refractivity contribution in [2.24, 2.45) is 12.8 Å². The summed E-state index contributed by atoms with van der Waals surface area (Å²) in [5.41, 5.74) is 7.64. The van der Waals surface area contributed by atoms with Crippen molar-refractivity contribution in [1.29, 1.82) is 0 Å². The van der Waals surface area contributed by atoms with Crippen LogP contribution in [0, 0.1) is 0 Å². The van der Waals surface area contributed by atoms with E-state index in [0.29, 0.717) is 19.5 Å². The summed E-state index contributed by atoms with van der Waals surface area (Å²) >= 11 is 1.78. The van der Waals surface area contributed by atoms with Gasteiger partial charge in [-0.25, -0.2) is 4.98 Å². The van der Waals surface area contributed by atoms with Gasteiger partial charge in [0.05, 0.1) is 5.92 Å². The molecule has 0 unspecified atom stereocenters. The van der Waals surface area contributed by atoms with E-state index in [9.17, 15) is 4.79 Å². The van der Waals surface area contributed by atoms with E-state index in [-0.39, 0.29) is 17.9 Å². The molecule has 1 amide bonds. The number of nitrogens with two attached hydrogens (primary N) is 1. The first-order chi connectivity index (χ1) is 12.6. The van der Waals surface area contributed by atoms with Gasteiger partial charge in [0.15, 0.2) is 0 Å². The molecule has 0 radical (unpaired) electrons. The maximum atomic E-state index is 12.6. The predicted octanol–water partition coefficient (Wildman–Crippen LogP) is 2.91. The summed E-state index contributed by atoms with van der Waals surface area (Å²) in [6, 6.07) is 8.42. The van der Waals surface area contributed by atoms with Crippen molar-refractivity contribution in [1.82, 2.24) is 14.5 Å². The molecule has 2 N–H and O–H groups in total. The van der Waals surface area contributed by atoms with E-state index < -0.39 is 0 Å². The second kappa shape index (κ2) is 7.21. The monoisotopic (exact) mass is 368 g/mol. The molecule has 1 fully saturated rings. The van der Waals surface area contributed by atoms with Crippen LogP contribution in [0.5, 0.6) is 0 Å². The summed E-state index contributed by atoms with van der Waals surface area (Å²) in [4.78, 5) is 19.0. The number of likely N-dealkylation sites (tertiary alicyclic amines) is 1. The highest BCUT2D eigenvalue weighted by molar-refractivity contribution is 7.17. The van der Waals surface area contributed by atoms with Crippen molar-refractivity contribution >= 4 is 27.3 Å². The Labute approximate surface area is 157 Å². The zero-order valence-electron chi connectivity index (χ0n) is 15.0. The molecule has 3 heterocycles. The Morgan fingerprint density at radius 3 is 3.00 bits per heavy atom. The van der Waals surface area contributed by atoms with Gasteiger partial charge >= 0.3 is 0 Å². The van der Waals surface area contributed by atoms with Gasteiger partial charge in [0, 0.05) is 49.7 Å². The fourth-order valence-electron chi connectivity index (χ4n) is 3.85. The van der Waals surface area contributed by atoms with Gasteiger partial charge in [-0.15, -0.1) is 11.3 Å². The summed E-state index contributed by atoms with van der Waals surface area (Å²) in [5.74, 6) is 1.30. The van der Waals surface area contributed by atoms with Crippen LogP contribution in [-0.4, -0.2) is 39.5 Å². The molecule has 1 aliphatic rings. The van der Waals surface area contributed by atoms with Crippen LogP contribution < -0.4 is 5.73 Å². The standard InChI is InChI=1S/C20H24N4OS/c1-23-10-9-22-20(23)16-11-24(12-17(16)21)19(25)8-4-5-14-13-26-18-7-3-2-6-15(14)18/h2-3,6-7,9-10,13,16-17H,4-5,8,11-12,21H2,1H3/t16-,17-/m1/s1. The summed E-state index contributed by atoms with van der Waals surface area (Å²) in [5, 5.41) is 3.54. The molecule has 3 aromatic rings. The number of thiophene rings is 1. The minimum absolute atomic E-state index is 0.0409. The molecule has 2 aromatic heterocycles. The maximum Gasteiger partial charge on any atom is 0.222 e. The molecule has 0 aliphatic carbocycles. The number of imidazole rings is 1. The highest BCUT2D eigenvalue weighted by Gasteiger charge is 2.35. The number of carbonyl (C=O) groups is 1. The van der Waals surface area contributed by atoms with E-state index in [1.165, 1.54) is 15.6 Å². The molecule has 136 valence electrons. The van der Waals surface area contributed by atoms with Crippen molar-refractivity contribution in [3.05, 3.63) is 53.4 Å². The Bertz CT molecular complexity index is 915. The van der Waals surface area contributed by atoms with E-state index in [1.807, 2.05) is 22.7 Å². The number of rotatable bonds is 5. The third-order valence-corrected chi connectivity index (χ3v) is 6.32. The van der Waals surface area contributed by atoms with Gasteiger partial charge in [-0.2, -0.15) is 0 Å². The minimum Gasteiger partial charge on any atom is -0.340 e. The number of hydrogen-bond acceptors (Lipinski definition) is 4. The molecule has 26 heavy (non-hydrogen) atoms. The van der Waals surface area contributed by atoms with Gasteiger partial charge in [0.25, 0.3) is 0 Å². The zero-order chi connectivity index (χ0) is 18.1. The molecule has 0 spiro atoms. The Morgan fingerprint density at radius 1 is 1.35 bits per heavy atom. The smallest absolute Gasteiger partial charge is 0.222 e. The van der Waals surface area contributed by atoms with Crippen LogP contribution in [0.2, 0.25) is 0 Å². The summed E-state index contributed by atoms with van der Waals surface area (Å²) < 4.78 is 3.32. The lowest BCUT2D eigenvalue weighted by atomic mass is 10.0. The summed E-state index contributed by atoms with van der Waals surface area (Å²) in [6.07, 6.45) is 6.11. The van der Waals surface area contributed by atoms with Crippen LogP contribution >= 0.6 is 11.3 Å². The predicted molar refractivity (Wildman–Crippen MR) is 105 cm³/mol. The van der Waals surface area contributed by atoms with Crippen LogP contribution in [0.3, 0.4) is 0 Å². The lowest BCUT2D eigenvalue weighted by Gasteiger charge is -2.16. The Balaban J connectivity index is 1.33.